The van der Waals surface area contributed by atoms with E-state index < -0.39 is 0 Å². The fraction of sp³-hybridized carbons (Fsp3) is 0.103. The lowest BCUT2D eigenvalue weighted by atomic mass is 10.0. The Kier molecular flexibility index (Phi) is 7.42. The molecule has 37 heavy (non-hydrogen) atoms. The second-order valence-electron chi connectivity index (χ2n) is 8.35. The highest BCUT2D eigenvalue weighted by Gasteiger charge is 2.35. The molecule has 0 N–H and O–H groups in total. The van der Waals surface area contributed by atoms with Gasteiger partial charge in [0.2, 0.25) is 0 Å². The molecule has 0 aliphatic carbocycles. The van der Waals surface area contributed by atoms with Crippen LogP contribution >= 0.6 is 35.0 Å². The number of thioether (sulfide) groups is 1. The number of carbonyl (C=O) groups excluding carboxylic acids is 2. The van der Waals surface area contributed by atoms with Crippen LogP contribution in [0.4, 0.5) is 4.79 Å². The van der Waals surface area contributed by atoms with E-state index in [0.29, 0.717) is 26.4 Å². The standard InChI is InChI=1S/C29H21Cl2NO4S/c1-35-26-14-18(10-12-25(26)36-17-19-9-11-23(30)24(31)13-19)15-27-28(33)32(29(34)37-27)16-21-7-4-6-20-5-2-3-8-22(20)21/h2-15H,16-17H2,1H3/b27-15-. The van der Waals surface area contributed by atoms with Crippen LogP contribution in [0.5, 0.6) is 11.5 Å². The third-order valence-corrected chi connectivity index (χ3v) is 7.59. The molecule has 2 amide bonds. The van der Waals surface area contributed by atoms with Crippen LogP contribution in [0.15, 0.2) is 83.8 Å². The number of carbonyl (C=O) groups is 2. The zero-order chi connectivity index (χ0) is 25.9. The van der Waals surface area contributed by atoms with Gasteiger partial charge in [-0.1, -0.05) is 77.8 Å². The molecule has 0 saturated carbocycles. The van der Waals surface area contributed by atoms with Gasteiger partial charge in [0.1, 0.15) is 6.61 Å². The Morgan fingerprint density at radius 1 is 0.892 bits per heavy atom. The van der Waals surface area contributed by atoms with Gasteiger partial charge in [-0.2, -0.15) is 0 Å². The lowest BCUT2D eigenvalue weighted by Crippen LogP contribution is -2.27. The highest BCUT2D eigenvalue weighted by Crippen LogP contribution is 2.36. The molecule has 5 rings (SSSR count). The van der Waals surface area contributed by atoms with Crippen molar-refractivity contribution in [3.8, 4) is 11.5 Å². The lowest BCUT2D eigenvalue weighted by molar-refractivity contribution is -0.123. The predicted molar refractivity (Wildman–Crippen MR) is 149 cm³/mol. The molecule has 4 aromatic rings. The van der Waals surface area contributed by atoms with Gasteiger partial charge in [0.25, 0.3) is 11.1 Å². The van der Waals surface area contributed by atoms with Crippen molar-refractivity contribution >= 4 is 63.0 Å². The fourth-order valence-corrected chi connectivity index (χ4v) is 5.23. The minimum Gasteiger partial charge on any atom is -0.493 e. The quantitative estimate of drug-likeness (QED) is 0.219. The van der Waals surface area contributed by atoms with E-state index in [2.05, 4.69) is 0 Å². The number of hydrogen-bond acceptors (Lipinski definition) is 5. The largest absolute Gasteiger partial charge is 0.493 e. The Labute approximate surface area is 228 Å². The molecular formula is C29H21Cl2NO4S. The molecular weight excluding hydrogens is 529 g/mol. The van der Waals surface area contributed by atoms with Crippen molar-refractivity contribution in [2.45, 2.75) is 13.2 Å². The van der Waals surface area contributed by atoms with Crippen LogP contribution in [0.25, 0.3) is 16.8 Å². The highest BCUT2D eigenvalue weighted by atomic mass is 35.5. The van der Waals surface area contributed by atoms with Gasteiger partial charge in [0.05, 0.1) is 28.6 Å². The minimum absolute atomic E-state index is 0.216. The number of imide groups is 1. The summed E-state index contributed by atoms with van der Waals surface area (Å²) < 4.78 is 11.4. The number of ether oxygens (including phenoxy) is 2. The second kappa shape index (κ2) is 10.9. The van der Waals surface area contributed by atoms with Gasteiger partial charge in [-0.15, -0.1) is 0 Å². The summed E-state index contributed by atoms with van der Waals surface area (Å²) in [6.07, 6.45) is 1.69. The molecule has 0 radical (unpaired) electrons. The summed E-state index contributed by atoms with van der Waals surface area (Å²) in [5.41, 5.74) is 2.50. The maximum Gasteiger partial charge on any atom is 0.293 e. The molecule has 0 spiro atoms. The average Bonchev–Trinajstić information content (AvgIpc) is 3.17. The fourth-order valence-electron chi connectivity index (χ4n) is 4.07. The Morgan fingerprint density at radius 2 is 1.70 bits per heavy atom. The van der Waals surface area contributed by atoms with E-state index >= 15 is 0 Å². The Balaban J connectivity index is 1.32. The van der Waals surface area contributed by atoms with Crippen LogP contribution < -0.4 is 9.47 Å². The second-order valence-corrected chi connectivity index (χ2v) is 10.2. The molecule has 5 nitrogen and oxygen atoms in total. The molecule has 186 valence electrons. The van der Waals surface area contributed by atoms with Crippen molar-refractivity contribution in [2.24, 2.45) is 0 Å². The number of halogens is 2. The molecule has 1 aliphatic rings. The highest BCUT2D eigenvalue weighted by molar-refractivity contribution is 8.18. The van der Waals surface area contributed by atoms with Gasteiger partial charge in [-0.05, 0) is 69.6 Å². The summed E-state index contributed by atoms with van der Waals surface area (Å²) in [6, 6.07) is 24.5. The van der Waals surface area contributed by atoms with E-state index in [1.807, 2.05) is 54.6 Å². The predicted octanol–water partition coefficient (Wildman–Crippen LogP) is 7.97. The SMILES string of the molecule is COc1cc(/C=C2\SC(=O)N(Cc3cccc4ccccc34)C2=O)ccc1OCc1ccc(Cl)c(Cl)c1. The smallest absolute Gasteiger partial charge is 0.293 e. The molecule has 0 unspecified atom stereocenters. The molecule has 8 heteroatoms. The number of benzene rings is 4. The van der Waals surface area contributed by atoms with Crippen molar-refractivity contribution in [3.63, 3.8) is 0 Å². The molecule has 4 aromatic carbocycles. The molecule has 1 aliphatic heterocycles. The van der Waals surface area contributed by atoms with E-state index in [0.717, 1.165) is 39.2 Å². The first-order valence-corrected chi connectivity index (χ1v) is 13.0. The average molecular weight is 550 g/mol. The minimum atomic E-state index is -0.318. The van der Waals surface area contributed by atoms with Crippen LogP contribution in [-0.4, -0.2) is 23.2 Å². The topological polar surface area (TPSA) is 55.8 Å². The maximum atomic E-state index is 13.1. The lowest BCUT2D eigenvalue weighted by Gasteiger charge is -2.14. The van der Waals surface area contributed by atoms with Gasteiger partial charge >= 0.3 is 0 Å². The molecule has 0 aromatic heterocycles. The van der Waals surface area contributed by atoms with Gasteiger partial charge in [0.15, 0.2) is 11.5 Å². The number of amides is 2. The van der Waals surface area contributed by atoms with Gasteiger partial charge in [-0.3, -0.25) is 14.5 Å². The first-order chi connectivity index (χ1) is 17.9. The summed E-state index contributed by atoms with van der Waals surface area (Å²) in [7, 11) is 1.54. The zero-order valence-corrected chi connectivity index (χ0v) is 22.1. The number of methoxy groups -OCH3 is 1. The van der Waals surface area contributed by atoms with Crippen LogP contribution in [0.2, 0.25) is 10.0 Å². The van der Waals surface area contributed by atoms with E-state index in [9.17, 15) is 9.59 Å². The van der Waals surface area contributed by atoms with Gasteiger partial charge in [-0.25, -0.2) is 0 Å². The Bertz CT molecular complexity index is 1550. The zero-order valence-electron chi connectivity index (χ0n) is 19.7. The first-order valence-electron chi connectivity index (χ1n) is 11.4. The molecule has 1 saturated heterocycles. The summed E-state index contributed by atoms with van der Waals surface area (Å²) >= 11 is 13.0. The summed E-state index contributed by atoms with van der Waals surface area (Å²) in [5.74, 6) is 0.723. The van der Waals surface area contributed by atoms with Crippen LogP contribution in [-0.2, 0) is 17.9 Å². The molecule has 0 bridgehead atoms. The number of nitrogens with zero attached hydrogens (tertiary/aromatic N) is 1. The first kappa shape index (κ1) is 25.2. The number of rotatable bonds is 7. The van der Waals surface area contributed by atoms with Crippen molar-refractivity contribution in [1.29, 1.82) is 0 Å². The van der Waals surface area contributed by atoms with Gasteiger partial charge < -0.3 is 9.47 Å². The normalized spacial score (nSPS) is 14.6. The van der Waals surface area contributed by atoms with Gasteiger partial charge in [0, 0.05) is 0 Å². The van der Waals surface area contributed by atoms with E-state index in [-0.39, 0.29) is 24.3 Å². The van der Waals surface area contributed by atoms with Crippen molar-refractivity contribution in [1.82, 2.24) is 4.90 Å². The third kappa shape index (κ3) is 5.47. The van der Waals surface area contributed by atoms with Crippen molar-refractivity contribution in [3.05, 3.63) is 111 Å². The van der Waals surface area contributed by atoms with E-state index in [4.69, 9.17) is 32.7 Å². The maximum absolute atomic E-state index is 13.1. The van der Waals surface area contributed by atoms with Crippen molar-refractivity contribution in [2.75, 3.05) is 7.11 Å². The van der Waals surface area contributed by atoms with E-state index in [1.165, 1.54) is 4.90 Å². The van der Waals surface area contributed by atoms with E-state index in [1.54, 1.807) is 37.5 Å². The van der Waals surface area contributed by atoms with Crippen LogP contribution in [0.3, 0.4) is 0 Å². The summed E-state index contributed by atoms with van der Waals surface area (Å²) in [5, 5.41) is 2.73. The van der Waals surface area contributed by atoms with Crippen LogP contribution in [0, 0.1) is 0 Å². The number of fused-ring (bicyclic) bond motifs is 1. The molecule has 1 heterocycles. The third-order valence-electron chi connectivity index (χ3n) is 5.95. The molecule has 1 fully saturated rings. The Morgan fingerprint density at radius 3 is 2.51 bits per heavy atom. The Hall–Kier alpha value is -3.45. The monoisotopic (exact) mass is 549 g/mol. The van der Waals surface area contributed by atoms with Crippen LogP contribution in [0.1, 0.15) is 16.7 Å². The van der Waals surface area contributed by atoms with Crippen molar-refractivity contribution < 1.29 is 19.1 Å². The summed E-state index contributed by atoms with van der Waals surface area (Å²) in [4.78, 5) is 27.5. The number of hydrogen-bond donors (Lipinski definition) is 0. The molecule has 0 atom stereocenters. The summed E-state index contributed by atoms with van der Waals surface area (Å²) in [6.45, 7) is 0.494.